The van der Waals surface area contributed by atoms with Gasteiger partial charge in [0.15, 0.2) is 0 Å². The van der Waals surface area contributed by atoms with Crippen molar-refractivity contribution in [2.45, 2.75) is 19.3 Å². The fourth-order valence-corrected chi connectivity index (χ4v) is 2.10. The van der Waals surface area contributed by atoms with Crippen molar-refractivity contribution >= 4 is 23.6 Å². The molecule has 0 spiro atoms. The highest BCUT2D eigenvalue weighted by Gasteiger charge is 2.34. The van der Waals surface area contributed by atoms with Crippen LogP contribution in [0, 0.1) is 0 Å². The van der Waals surface area contributed by atoms with Gasteiger partial charge in [0.25, 0.3) is 11.8 Å². The Kier molecular flexibility index (Phi) is 3.93. The minimum atomic E-state index is -1.45. The Hall–Kier alpha value is -2.50. The van der Waals surface area contributed by atoms with Gasteiger partial charge in [0.2, 0.25) is 5.78 Å². The lowest BCUT2D eigenvalue weighted by atomic mass is 10.1. The smallest absolute Gasteiger partial charge is 0.372 e. The SMILES string of the molecule is O=C(O)C(=O)CCCCN1C(=O)c2ccccc2C1=O. The third kappa shape index (κ3) is 2.59. The number of aliphatic carboxylic acids is 1. The topological polar surface area (TPSA) is 91.8 Å². The summed E-state index contributed by atoms with van der Waals surface area (Å²) in [5.41, 5.74) is 0.776. The highest BCUT2D eigenvalue weighted by atomic mass is 16.4. The first-order valence-electron chi connectivity index (χ1n) is 6.23. The van der Waals surface area contributed by atoms with Crippen molar-refractivity contribution < 1.29 is 24.3 Å². The second-order valence-electron chi connectivity index (χ2n) is 4.49. The molecule has 0 aromatic heterocycles. The lowest BCUT2D eigenvalue weighted by molar-refractivity contribution is -0.149. The summed E-state index contributed by atoms with van der Waals surface area (Å²) in [6.45, 7) is 0.194. The van der Waals surface area contributed by atoms with Crippen LogP contribution in [0.25, 0.3) is 0 Å². The second-order valence-corrected chi connectivity index (χ2v) is 4.49. The van der Waals surface area contributed by atoms with Crippen LogP contribution in [0.3, 0.4) is 0 Å². The molecule has 6 heteroatoms. The third-order valence-electron chi connectivity index (χ3n) is 3.15. The number of rotatable bonds is 6. The molecule has 0 saturated heterocycles. The van der Waals surface area contributed by atoms with Crippen LogP contribution in [0.1, 0.15) is 40.0 Å². The van der Waals surface area contributed by atoms with Crippen LogP contribution in [0.2, 0.25) is 0 Å². The molecule has 1 aliphatic rings. The lowest BCUT2D eigenvalue weighted by Crippen LogP contribution is -2.30. The van der Waals surface area contributed by atoms with Crippen molar-refractivity contribution in [3.05, 3.63) is 35.4 Å². The number of carboxylic acid groups (broad SMARTS) is 1. The number of fused-ring (bicyclic) bond motifs is 1. The number of carboxylic acids is 1. The summed E-state index contributed by atoms with van der Waals surface area (Å²) in [5, 5.41) is 8.43. The molecule has 2 amide bonds. The predicted molar refractivity (Wildman–Crippen MR) is 68.3 cm³/mol. The highest BCUT2D eigenvalue weighted by molar-refractivity contribution is 6.32. The van der Waals surface area contributed by atoms with Gasteiger partial charge >= 0.3 is 5.97 Å². The largest absolute Gasteiger partial charge is 0.476 e. The average molecular weight is 275 g/mol. The molecule has 6 nitrogen and oxygen atoms in total. The molecule has 1 N–H and O–H groups in total. The van der Waals surface area contributed by atoms with Crippen LogP contribution in [-0.4, -0.2) is 40.1 Å². The molecule has 2 rings (SSSR count). The zero-order valence-corrected chi connectivity index (χ0v) is 10.7. The molecule has 20 heavy (non-hydrogen) atoms. The maximum atomic E-state index is 12.0. The predicted octanol–water partition coefficient (Wildman–Crippen LogP) is 1.11. The van der Waals surface area contributed by atoms with E-state index in [4.69, 9.17) is 5.11 Å². The summed E-state index contributed by atoms with van der Waals surface area (Å²) < 4.78 is 0. The van der Waals surface area contributed by atoms with Crippen molar-refractivity contribution in [2.75, 3.05) is 6.54 Å². The van der Waals surface area contributed by atoms with E-state index in [1.807, 2.05) is 0 Å². The van der Waals surface area contributed by atoms with Gasteiger partial charge in [-0.2, -0.15) is 0 Å². The molecule has 1 aromatic rings. The molecule has 0 aliphatic carbocycles. The Balaban J connectivity index is 1.90. The van der Waals surface area contributed by atoms with E-state index >= 15 is 0 Å². The Bertz CT molecular complexity index is 558. The van der Waals surface area contributed by atoms with E-state index in [1.165, 1.54) is 0 Å². The molecule has 1 aliphatic heterocycles. The Morgan fingerprint density at radius 1 is 1.00 bits per heavy atom. The fourth-order valence-electron chi connectivity index (χ4n) is 2.10. The molecule has 0 unspecified atom stereocenters. The van der Waals surface area contributed by atoms with Gasteiger partial charge in [-0.25, -0.2) is 4.79 Å². The van der Waals surface area contributed by atoms with E-state index in [9.17, 15) is 19.2 Å². The highest BCUT2D eigenvalue weighted by Crippen LogP contribution is 2.22. The summed E-state index contributed by atoms with van der Waals surface area (Å²) in [4.78, 5) is 46.3. The van der Waals surface area contributed by atoms with Crippen LogP contribution >= 0.6 is 0 Å². The van der Waals surface area contributed by atoms with E-state index < -0.39 is 11.8 Å². The number of nitrogens with zero attached hydrogens (tertiary/aromatic N) is 1. The van der Waals surface area contributed by atoms with Crippen LogP contribution in [0.15, 0.2) is 24.3 Å². The number of ketones is 1. The van der Waals surface area contributed by atoms with E-state index in [0.717, 1.165) is 4.90 Å². The molecule has 0 atom stereocenters. The van der Waals surface area contributed by atoms with Gasteiger partial charge in [-0.1, -0.05) is 12.1 Å². The zero-order valence-electron chi connectivity index (χ0n) is 10.7. The van der Waals surface area contributed by atoms with Gasteiger partial charge in [0, 0.05) is 13.0 Å². The van der Waals surface area contributed by atoms with Crippen LogP contribution in [-0.2, 0) is 9.59 Å². The molecular weight excluding hydrogens is 262 g/mol. The van der Waals surface area contributed by atoms with Crippen LogP contribution < -0.4 is 0 Å². The molecule has 1 aromatic carbocycles. The number of unbranched alkanes of at least 4 members (excludes halogenated alkanes) is 1. The minimum Gasteiger partial charge on any atom is -0.476 e. The number of hydrogen-bond acceptors (Lipinski definition) is 4. The number of hydrogen-bond donors (Lipinski definition) is 1. The molecular formula is C14H13NO5. The zero-order chi connectivity index (χ0) is 14.7. The van der Waals surface area contributed by atoms with Crippen LogP contribution in [0.5, 0.6) is 0 Å². The average Bonchev–Trinajstić information content (AvgIpc) is 2.68. The number of carbonyl (C=O) groups excluding carboxylic acids is 3. The summed E-state index contributed by atoms with van der Waals surface area (Å²) in [6.07, 6.45) is 0.654. The first-order valence-corrected chi connectivity index (χ1v) is 6.23. The van der Waals surface area contributed by atoms with Crippen molar-refractivity contribution in [1.82, 2.24) is 4.90 Å². The molecule has 0 saturated carbocycles. The van der Waals surface area contributed by atoms with Crippen molar-refractivity contribution in [1.29, 1.82) is 0 Å². The third-order valence-corrected chi connectivity index (χ3v) is 3.15. The quantitative estimate of drug-likeness (QED) is 0.477. The molecule has 104 valence electrons. The maximum absolute atomic E-state index is 12.0. The van der Waals surface area contributed by atoms with Gasteiger partial charge in [0.05, 0.1) is 11.1 Å². The Morgan fingerprint density at radius 2 is 1.55 bits per heavy atom. The van der Waals surface area contributed by atoms with Gasteiger partial charge < -0.3 is 5.11 Å². The standard InChI is InChI=1S/C14H13NO5/c16-11(14(19)20)7-3-4-8-15-12(17)9-5-1-2-6-10(9)13(15)18/h1-2,5-6H,3-4,7-8H2,(H,19,20). The number of imide groups is 1. The normalized spacial score (nSPS) is 13.5. The minimum absolute atomic E-state index is 0.0848. The van der Waals surface area contributed by atoms with Crippen molar-refractivity contribution in [3.8, 4) is 0 Å². The monoisotopic (exact) mass is 275 g/mol. The summed E-state index contributed by atoms with van der Waals surface area (Å²) in [5.74, 6) is -2.98. The summed E-state index contributed by atoms with van der Waals surface area (Å²) in [6, 6.07) is 6.59. The molecule has 0 fully saturated rings. The van der Waals surface area contributed by atoms with Gasteiger partial charge in [-0.05, 0) is 25.0 Å². The number of Topliss-reactive ketones (excluding diaryl/α,β-unsaturated/α-hetero) is 1. The summed E-state index contributed by atoms with van der Waals surface area (Å²) in [7, 11) is 0. The molecule has 1 heterocycles. The second kappa shape index (κ2) is 5.64. The number of carbonyl (C=O) groups is 4. The molecule has 0 radical (unpaired) electrons. The molecule has 0 bridgehead atoms. The van der Waals surface area contributed by atoms with E-state index in [2.05, 4.69) is 0 Å². The Morgan fingerprint density at radius 3 is 2.05 bits per heavy atom. The van der Waals surface area contributed by atoms with Crippen LogP contribution in [0.4, 0.5) is 0 Å². The van der Waals surface area contributed by atoms with E-state index in [-0.39, 0.29) is 24.8 Å². The Labute approximate surface area is 115 Å². The first kappa shape index (κ1) is 13.9. The van der Waals surface area contributed by atoms with E-state index in [1.54, 1.807) is 24.3 Å². The van der Waals surface area contributed by atoms with Crippen molar-refractivity contribution in [2.24, 2.45) is 0 Å². The number of amides is 2. The maximum Gasteiger partial charge on any atom is 0.372 e. The number of benzene rings is 1. The lowest BCUT2D eigenvalue weighted by Gasteiger charge is -2.12. The summed E-state index contributed by atoms with van der Waals surface area (Å²) >= 11 is 0. The van der Waals surface area contributed by atoms with Crippen molar-refractivity contribution in [3.63, 3.8) is 0 Å². The van der Waals surface area contributed by atoms with E-state index in [0.29, 0.717) is 24.0 Å². The first-order chi connectivity index (χ1) is 9.52. The van der Waals surface area contributed by atoms with Gasteiger partial charge in [-0.15, -0.1) is 0 Å². The van der Waals surface area contributed by atoms with Gasteiger partial charge in [0.1, 0.15) is 0 Å². The van der Waals surface area contributed by atoms with Gasteiger partial charge in [-0.3, -0.25) is 19.3 Å². The fraction of sp³-hybridized carbons (Fsp3) is 0.286.